The Morgan fingerprint density at radius 3 is 2.48 bits per heavy atom. The fraction of sp³-hybridized carbons (Fsp3) is 0.429. The molecule has 0 unspecified atom stereocenters. The van der Waals surface area contributed by atoms with Crippen molar-refractivity contribution in [3.8, 4) is 0 Å². The minimum Gasteiger partial charge on any atom is -0.481 e. The number of amides is 2. The van der Waals surface area contributed by atoms with Crippen LogP contribution in [-0.4, -0.2) is 23.1 Å². The molecule has 1 aliphatic carbocycles. The van der Waals surface area contributed by atoms with Crippen molar-refractivity contribution in [2.24, 2.45) is 5.92 Å². The van der Waals surface area contributed by atoms with Gasteiger partial charge in [-0.2, -0.15) is 0 Å². The van der Waals surface area contributed by atoms with Crippen LogP contribution in [-0.2, 0) is 4.79 Å². The highest BCUT2D eigenvalue weighted by atomic mass is 79.9. The zero-order valence-electron chi connectivity index (χ0n) is 11.2. The summed E-state index contributed by atoms with van der Waals surface area (Å²) in [5, 5.41) is 14.3. The van der Waals surface area contributed by atoms with E-state index in [9.17, 15) is 14.0 Å². The molecular formula is C14H16BrFN2O3. The topological polar surface area (TPSA) is 78.4 Å². The standard InChI is InChI=1S/C14H16BrFN2O3/c15-11-6-5-10(7-12(11)16)18-14(21)17-9-3-1-8(2-4-9)13(19)20/h5-9H,1-4H2,(H,19,20)(H2,17,18,21). The number of carboxylic acid groups (broad SMARTS) is 1. The molecule has 1 aromatic rings. The Morgan fingerprint density at radius 2 is 1.90 bits per heavy atom. The summed E-state index contributed by atoms with van der Waals surface area (Å²) in [5.74, 6) is -1.54. The number of urea groups is 1. The minimum absolute atomic E-state index is 0.0408. The molecule has 2 amide bonds. The Bertz CT molecular complexity index is 545. The zero-order chi connectivity index (χ0) is 15.4. The third-order valence-electron chi connectivity index (χ3n) is 3.59. The third kappa shape index (κ3) is 4.42. The number of hydrogen-bond acceptors (Lipinski definition) is 2. The van der Waals surface area contributed by atoms with Crippen molar-refractivity contribution in [2.75, 3.05) is 5.32 Å². The number of carboxylic acids is 1. The maximum absolute atomic E-state index is 13.3. The molecule has 21 heavy (non-hydrogen) atoms. The fourth-order valence-electron chi connectivity index (χ4n) is 2.41. The molecule has 3 N–H and O–H groups in total. The van der Waals surface area contributed by atoms with Crippen LogP contribution in [0.4, 0.5) is 14.9 Å². The van der Waals surface area contributed by atoms with Crippen molar-refractivity contribution in [3.05, 3.63) is 28.5 Å². The maximum atomic E-state index is 13.3. The van der Waals surface area contributed by atoms with Gasteiger partial charge < -0.3 is 15.7 Å². The molecule has 1 saturated carbocycles. The van der Waals surface area contributed by atoms with E-state index in [1.807, 2.05) is 0 Å². The fourth-order valence-corrected chi connectivity index (χ4v) is 2.66. The number of hydrogen-bond donors (Lipinski definition) is 3. The lowest BCUT2D eigenvalue weighted by Gasteiger charge is -2.26. The quantitative estimate of drug-likeness (QED) is 0.775. The molecule has 1 fully saturated rings. The maximum Gasteiger partial charge on any atom is 0.319 e. The van der Waals surface area contributed by atoms with E-state index in [-0.39, 0.29) is 12.0 Å². The minimum atomic E-state index is -0.775. The number of nitrogens with one attached hydrogen (secondary N) is 2. The van der Waals surface area contributed by atoms with Gasteiger partial charge in [0, 0.05) is 11.7 Å². The van der Waals surface area contributed by atoms with E-state index in [1.54, 1.807) is 6.07 Å². The van der Waals surface area contributed by atoms with Crippen LogP contribution in [0.25, 0.3) is 0 Å². The highest BCUT2D eigenvalue weighted by Crippen LogP contribution is 2.24. The molecule has 0 atom stereocenters. The molecule has 1 aliphatic rings. The van der Waals surface area contributed by atoms with Crippen LogP contribution < -0.4 is 10.6 Å². The summed E-state index contributed by atoms with van der Waals surface area (Å²) in [5.41, 5.74) is 0.368. The van der Waals surface area contributed by atoms with Gasteiger partial charge in [-0.1, -0.05) is 0 Å². The molecule has 114 valence electrons. The van der Waals surface area contributed by atoms with Gasteiger partial charge in [-0.15, -0.1) is 0 Å². The molecule has 0 radical (unpaired) electrons. The Balaban J connectivity index is 1.82. The lowest BCUT2D eigenvalue weighted by molar-refractivity contribution is -0.142. The summed E-state index contributed by atoms with van der Waals surface area (Å²) >= 11 is 3.04. The Morgan fingerprint density at radius 1 is 1.24 bits per heavy atom. The number of halogens is 2. The zero-order valence-corrected chi connectivity index (χ0v) is 12.8. The third-order valence-corrected chi connectivity index (χ3v) is 4.23. The molecular weight excluding hydrogens is 343 g/mol. The molecule has 7 heteroatoms. The summed E-state index contributed by atoms with van der Waals surface area (Å²) in [4.78, 5) is 22.7. The van der Waals surface area contributed by atoms with Gasteiger partial charge in [0.2, 0.25) is 0 Å². The number of benzene rings is 1. The summed E-state index contributed by atoms with van der Waals surface area (Å²) in [6, 6.07) is 3.89. The van der Waals surface area contributed by atoms with Crippen LogP contribution in [0, 0.1) is 11.7 Å². The van der Waals surface area contributed by atoms with Crippen molar-refractivity contribution in [3.63, 3.8) is 0 Å². The average molecular weight is 359 g/mol. The number of aliphatic carboxylic acids is 1. The summed E-state index contributed by atoms with van der Waals surface area (Å²) in [6.45, 7) is 0. The summed E-state index contributed by atoms with van der Waals surface area (Å²) < 4.78 is 13.7. The molecule has 0 aliphatic heterocycles. The second-order valence-electron chi connectivity index (χ2n) is 5.11. The Kier molecular flexibility index (Phi) is 5.17. The van der Waals surface area contributed by atoms with E-state index in [1.165, 1.54) is 12.1 Å². The van der Waals surface area contributed by atoms with Crippen molar-refractivity contribution in [1.29, 1.82) is 0 Å². The SMILES string of the molecule is O=C(Nc1ccc(Br)c(F)c1)NC1CCC(C(=O)O)CC1. The van der Waals surface area contributed by atoms with E-state index >= 15 is 0 Å². The predicted octanol–water partition coefficient (Wildman–Crippen LogP) is 3.35. The summed E-state index contributed by atoms with van der Waals surface area (Å²) in [6.07, 6.45) is 2.40. The number of rotatable bonds is 3. The first-order valence-electron chi connectivity index (χ1n) is 6.71. The van der Waals surface area contributed by atoms with E-state index in [0.29, 0.717) is 35.8 Å². The van der Waals surface area contributed by atoms with Gasteiger partial charge >= 0.3 is 12.0 Å². The van der Waals surface area contributed by atoms with Crippen molar-refractivity contribution in [2.45, 2.75) is 31.7 Å². The van der Waals surface area contributed by atoms with Crippen LogP contribution >= 0.6 is 15.9 Å². The molecule has 0 aromatic heterocycles. The predicted molar refractivity (Wildman–Crippen MR) is 79.6 cm³/mol. The van der Waals surface area contributed by atoms with Gasteiger partial charge in [-0.3, -0.25) is 4.79 Å². The lowest BCUT2D eigenvalue weighted by atomic mass is 9.86. The number of carbonyl (C=O) groups is 2. The van der Waals surface area contributed by atoms with Crippen LogP contribution in [0.15, 0.2) is 22.7 Å². The first-order valence-corrected chi connectivity index (χ1v) is 7.50. The van der Waals surface area contributed by atoms with Gasteiger partial charge in [0.15, 0.2) is 0 Å². The molecule has 0 bridgehead atoms. The number of carbonyl (C=O) groups excluding carboxylic acids is 1. The highest BCUT2D eigenvalue weighted by Gasteiger charge is 2.26. The van der Waals surface area contributed by atoms with E-state index in [4.69, 9.17) is 5.11 Å². The van der Waals surface area contributed by atoms with Gasteiger partial charge in [-0.25, -0.2) is 9.18 Å². The van der Waals surface area contributed by atoms with E-state index < -0.39 is 17.8 Å². The van der Waals surface area contributed by atoms with Gasteiger partial charge in [-0.05, 0) is 59.8 Å². The Hall–Kier alpha value is -1.63. The molecule has 0 heterocycles. The largest absolute Gasteiger partial charge is 0.481 e. The van der Waals surface area contributed by atoms with E-state index in [0.717, 1.165) is 0 Å². The first kappa shape index (κ1) is 15.8. The molecule has 2 rings (SSSR count). The highest BCUT2D eigenvalue weighted by molar-refractivity contribution is 9.10. The first-order chi connectivity index (χ1) is 9.95. The van der Waals surface area contributed by atoms with Crippen LogP contribution in [0.5, 0.6) is 0 Å². The van der Waals surface area contributed by atoms with Crippen molar-refractivity contribution in [1.82, 2.24) is 5.32 Å². The van der Waals surface area contributed by atoms with Gasteiger partial charge in [0.05, 0.1) is 10.4 Å². The van der Waals surface area contributed by atoms with E-state index in [2.05, 4.69) is 26.6 Å². The monoisotopic (exact) mass is 358 g/mol. The lowest BCUT2D eigenvalue weighted by Crippen LogP contribution is -2.41. The molecule has 0 spiro atoms. The van der Waals surface area contributed by atoms with Crippen LogP contribution in [0.2, 0.25) is 0 Å². The second kappa shape index (κ2) is 6.89. The Labute approximate surface area is 130 Å². The van der Waals surface area contributed by atoms with Crippen molar-refractivity contribution < 1.29 is 19.1 Å². The molecule has 0 saturated heterocycles. The van der Waals surface area contributed by atoms with Crippen LogP contribution in [0.3, 0.4) is 0 Å². The van der Waals surface area contributed by atoms with Crippen LogP contribution in [0.1, 0.15) is 25.7 Å². The van der Waals surface area contributed by atoms with Crippen molar-refractivity contribution >= 4 is 33.6 Å². The van der Waals surface area contributed by atoms with Gasteiger partial charge in [0.1, 0.15) is 5.82 Å². The second-order valence-corrected chi connectivity index (χ2v) is 5.97. The average Bonchev–Trinajstić information content (AvgIpc) is 2.43. The summed E-state index contributed by atoms with van der Waals surface area (Å²) in [7, 11) is 0. The molecule has 1 aromatic carbocycles. The number of anilines is 1. The molecule has 5 nitrogen and oxygen atoms in total. The smallest absolute Gasteiger partial charge is 0.319 e. The van der Waals surface area contributed by atoms with Gasteiger partial charge in [0.25, 0.3) is 0 Å². The normalized spacial score (nSPS) is 21.6.